The highest BCUT2D eigenvalue weighted by Gasteiger charge is 2.47. The third-order valence-corrected chi connectivity index (χ3v) is 6.46. The van der Waals surface area contributed by atoms with Gasteiger partial charge in [-0.25, -0.2) is 0 Å². The lowest BCUT2D eigenvalue weighted by Crippen LogP contribution is -2.35. The Bertz CT molecular complexity index is 1420. The van der Waals surface area contributed by atoms with E-state index in [2.05, 4.69) is 15.7 Å². The molecular weight excluding hydrogens is 562 g/mol. The molecule has 7 nitrogen and oxygen atoms in total. The van der Waals surface area contributed by atoms with E-state index in [1.165, 1.54) is 30.3 Å². The summed E-state index contributed by atoms with van der Waals surface area (Å²) in [7, 11) is 0. The zero-order valence-electron chi connectivity index (χ0n) is 21.4. The van der Waals surface area contributed by atoms with E-state index in [0.29, 0.717) is 33.4 Å². The Morgan fingerprint density at radius 3 is 2.15 bits per heavy atom. The zero-order valence-corrected chi connectivity index (χ0v) is 22.2. The molecule has 0 bridgehead atoms. The van der Waals surface area contributed by atoms with Gasteiger partial charge in [0.05, 0.1) is 23.2 Å². The third-order valence-electron chi connectivity index (χ3n) is 5.63. The number of aryl methyl sites for hydroxylation is 1. The number of alkyl halides is 6. The molecule has 0 aliphatic carbocycles. The SMILES string of the molecule is CSC[C@H](C)NC(=O)c1ccccc1C(=O)Nc1ccc(Cn2cc(C(=O)C(F)(F)F)c(C(F)(F)F)n2)cc1C. The molecule has 2 aromatic carbocycles. The Kier molecular flexibility index (Phi) is 9.33. The molecule has 1 aromatic heterocycles. The molecule has 3 rings (SSSR count). The van der Waals surface area contributed by atoms with Gasteiger partial charge in [-0.15, -0.1) is 0 Å². The number of nitrogens with zero attached hydrogens (tertiary/aromatic N) is 2. The number of aromatic nitrogens is 2. The van der Waals surface area contributed by atoms with Crippen LogP contribution in [0.4, 0.5) is 32.0 Å². The van der Waals surface area contributed by atoms with Crippen LogP contribution in [0.15, 0.2) is 48.7 Å². The summed E-state index contributed by atoms with van der Waals surface area (Å²) in [6, 6.07) is 10.5. The molecular formula is C26H24F6N4O3S. The van der Waals surface area contributed by atoms with Gasteiger partial charge in [0.1, 0.15) is 0 Å². The largest absolute Gasteiger partial charge is 0.455 e. The van der Waals surface area contributed by atoms with Crippen molar-refractivity contribution in [3.05, 3.63) is 82.2 Å². The zero-order chi connectivity index (χ0) is 29.8. The van der Waals surface area contributed by atoms with Gasteiger partial charge in [0.25, 0.3) is 17.6 Å². The minimum atomic E-state index is -5.50. The smallest absolute Gasteiger partial charge is 0.349 e. The first-order valence-corrected chi connectivity index (χ1v) is 13.1. The predicted molar refractivity (Wildman–Crippen MR) is 138 cm³/mol. The summed E-state index contributed by atoms with van der Waals surface area (Å²) >= 11 is 1.56. The van der Waals surface area contributed by atoms with E-state index in [-0.39, 0.29) is 23.7 Å². The number of anilines is 1. The monoisotopic (exact) mass is 586 g/mol. The van der Waals surface area contributed by atoms with Crippen molar-refractivity contribution in [2.75, 3.05) is 17.3 Å². The minimum Gasteiger partial charge on any atom is -0.349 e. The highest BCUT2D eigenvalue weighted by Crippen LogP contribution is 2.34. The Morgan fingerprint density at radius 2 is 1.60 bits per heavy atom. The number of nitrogens with one attached hydrogen (secondary N) is 2. The molecule has 0 unspecified atom stereocenters. The van der Waals surface area contributed by atoms with Crippen LogP contribution in [0.2, 0.25) is 0 Å². The summed E-state index contributed by atoms with van der Waals surface area (Å²) in [5.41, 5.74) is -2.06. The number of carbonyl (C=O) groups is 3. The first-order valence-electron chi connectivity index (χ1n) is 11.7. The molecule has 40 heavy (non-hydrogen) atoms. The highest BCUT2D eigenvalue weighted by molar-refractivity contribution is 7.98. The van der Waals surface area contributed by atoms with E-state index in [4.69, 9.17) is 0 Å². The average molecular weight is 587 g/mol. The van der Waals surface area contributed by atoms with Gasteiger partial charge in [0.2, 0.25) is 0 Å². The molecule has 0 aliphatic heterocycles. The third kappa shape index (κ3) is 7.43. The molecule has 0 radical (unpaired) electrons. The van der Waals surface area contributed by atoms with Crippen molar-refractivity contribution >= 4 is 35.0 Å². The maximum atomic E-state index is 13.2. The quantitative estimate of drug-likeness (QED) is 0.247. The molecule has 0 fully saturated rings. The van der Waals surface area contributed by atoms with Crippen molar-refractivity contribution in [2.24, 2.45) is 0 Å². The Balaban J connectivity index is 1.80. The van der Waals surface area contributed by atoms with Crippen LogP contribution in [-0.4, -0.2) is 51.6 Å². The first kappa shape index (κ1) is 30.7. The summed E-state index contributed by atoms with van der Waals surface area (Å²) in [5, 5.41) is 8.69. The molecule has 2 N–H and O–H groups in total. The minimum absolute atomic E-state index is 0.123. The van der Waals surface area contributed by atoms with Gasteiger partial charge in [-0.05, 0) is 49.4 Å². The van der Waals surface area contributed by atoms with Crippen LogP contribution in [0, 0.1) is 6.92 Å². The lowest BCUT2D eigenvalue weighted by molar-refractivity contribution is -0.142. The molecule has 1 atom stereocenters. The average Bonchev–Trinajstić information content (AvgIpc) is 3.29. The van der Waals surface area contributed by atoms with E-state index >= 15 is 0 Å². The number of carbonyl (C=O) groups excluding carboxylic acids is 3. The van der Waals surface area contributed by atoms with E-state index in [1.807, 2.05) is 13.2 Å². The van der Waals surface area contributed by atoms with Crippen LogP contribution in [0.1, 0.15) is 54.8 Å². The predicted octanol–water partition coefficient (Wildman–Crippen LogP) is 5.74. The van der Waals surface area contributed by atoms with E-state index in [0.717, 1.165) is 0 Å². The van der Waals surface area contributed by atoms with Crippen molar-refractivity contribution < 1.29 is 40.7 Å². The molecule has 0 spiro atoms. The highest BCUT2D eigenvalue weighted by atomic mass is 32.2. The van der Waals surface area contributed by atoms with Gasteiger partial charge in [0.15, 0.2) is 5.69 Å². The fourth-order valence-electron chi connectivity index (χ4n) is 3.84. The Morgan fingerprint density at radius 1 is 0.975 bits per heavy atom. The van der Waals surface area contributed by atoms with Crippen molar-refractivity contribution in [3.63, 3.8) is 0 Å². The normalized spacial score (nSPS) is 12.6. The summed E-state index contributed by atoms with van der Waals surface area (Å²) in [6.45, 7) is 3.06. The van der Waals surface area contributed by atoms with E-state index in [9.17, 15) is 40.7 Å². The Labute approximate surface area is 229 Å². The molecule has 14 heteroatoms. The van der Waals surface area contributed by atoms with Gasteiger partial charge >= 0.3 is 12.4 Å². The molecule has 1 heterocycles. The number of benzene rings is 2. The lowest BCUT2D eigenvalue weighted by Gasteiger charge is -2.15. The van der Waals surface area contributed by atoms with E-state index < -0.39 is 41.2 Å². The van der Waals surface area contributed by atoms with Crippen LogP contribution in [-0.2, 0) is 12.7 Å². The van der Waals surface area contributed by atoms with Crippen LogP contribution < -0.4 is 10.6 Å². The fourth-order valence-corrected chi connectivity index (χ4v) is 4.43. The summed E-state index contributed by atoms with van der Waals surface area (Å²) < 4.78 is 78.7. The van der Waals surface area contributed by atoms with Crippen molar-refractivity contribution in [1.82, 2.24) is 15.1 Å². The van der Waals surface area contributed by atoms with Crippen molar-refractivity contribution in [3.8, 4) is 0 Å². The van der Waals surface area contributed by atoms with Crippen LogP contribution in [0.5, 0.6) is 0 Å². The number of hydrogen-bond acceptors (Lipinski definition) is 5. The summed E-state index contributed by atoms with van der Waals surface area (Å²) in [5.74, 6) is -2.95. The molecule has 214 valence electrons. The number of thioether (sulfide) groups is 1. The van der Waals surface area contributed by atoms with E-state index in [1.54, 1.807) is 30.8 Å². The topological polar surface area (TPSA) is 93.1 Å². The molecule has 3 aromatic rings. The number of amides is 2. The second kappa shape index (κ2) is 12.1. The molecule has 0 aliphatic rings. The van der Waals surface area contributed by atoms with Crippen molar-refractivity contribution in [2.45, 2.75) is 38.8 Å². The first-order chi connectivity index (χ1) is 18.6. The maximum Gasteiger partial charge on any atom is 0.455 e. The van der Waals surface area contributed by atoms with Gasteiger partial charge < -0.3 is 10.6 Å². The lowest BCUT2D eigenvalue weighted by atomic mass is 10.0. The maximum absolute atomic E-state index is 13.2. The van der Waals surface area contributed by atoms with Crippen LogP contribution in [0.3, 0.4) is 0 Å². The Hall–Kier alpha value is -3.81. The number of halogens is 6. The van der Waals surface area contributed by atoms with Crippen LogP contribution in [0.25, 0.3) is 0 Å². The molecule has 2 amide bonds. The molecule has 0 saturated heterocycles. The number of Topliss-reactive ketones (excluding diaryl/α,β-unsaturated/α-hetero) is 1. The number of hydrogen-bond donors (Lipinski definition) is 2. The van der Waals surface area contributed by atoms with Gasteiger partial charge in [-0.1, -0.05) is 24.3 Å². The van der Waals surface area contributed by atoms with Gasteiger partial charge in [0, 0.05) is 23.7 Å². The standard InChI is InChI=1S/C26H24F6N4O3S/c1-14-10-16(11-36-12-19(22(37)26(30,31)32)21(35-36)25(27,28)29)8-9-20(14)34-24(39)18-7-5-4-6-17(18)23(38)33-15(2)13-40-3/h4-10,12,15H,11,13H2,1-3H3,(H,33,38)(H,34,39)/t15-/m0/s1. The second-order valence-electron chi connectivity index (χ2n) is 8.89. The molecule has 0 saturated carbocycles. The fraction of sp³-hybridized carbons (Fsp3) is 0.308. The summed E-state index contributed by atoms with van der Waals surface area (Å²) in [6.07, 6.45) is -8.47. The number of ketones is 1. The van der Waals surface area contributed by atoms with Crippen LogP contribution >= 0.6 is 11.8 Å². The summed E-state index contributed by atoms with van der Waals surface area (Å²) in [4.78, 5) is 37.3. The van der Waals surface area contributed by atoms with Gasteiger partial charge in [-0.3, -0.25) is 19.1 Å². The second-order valence-corrected chi connectivity index (χ2v) is 9.80. The van der Waals surface area contributed by atoms with Gasteiger partial charge in [-0.2, -0.15) is 43.2 Å². The number of rotatable bonds is 9. The van der Waals surface area contributed by atoms with Crippen molar-refractivity contribution in [1.29, 1.82) is 0 Å².